The normalized spacial score (nSPS) is 15.0. The minimum absolute atomic E-state index is 0.428. The number of rotatable bonds is 7. The topological polar surface area (TPSA) is 44.6 Å². The van der Waals surface area contributed by atoms with Crippen LogP contribution in [0, 0.1) is 4.84 Å². The smallest absolute Gasteiger partial charge is 0.292 e. The molecule has 1 unspecified atom stereocenters. The van der Waals surface area contributed by atoms with Crippen LogP contribution in [0.15, 0.2) is 59.0 Å². The van der Waals surface area contributed by atoms with Crippen molar-refractivity contribution in [3.05, 3.63) is 65.0 Å². The van der Waals surface area contributed by atoms with Crippen LogP contribution in [0.5, 0.6) is 5.75 Å². The SMILES string of the molecule is COc1ccc(C[NH+](Cn2nc(-c3ccccc3)oc2=S)C2CC2)cc1. The van der Waals surface area contributed by atoms with Crippen LogP contribution in [-0.4, -0.2) is 22.9 Å². The van der Waals surface area contributed by atoms with E-state index in [-0.39, 0.29) is 0 Å². The highest BCUT2D eigenvalue weighted by atomic mass is 32.1. The predicted octanol–water partition coefficient (Wildman–Crippen LogP) is 3.09. The van der Waals surface area contributed by atoms with Gasteiger partial charge in [-0.15, -0.1) is 5.10 Å². The zero-order valence-corrected chi connectivity index (χ0v) is 15.5. The van der Waals surface area contributed by atoms with Crippen molar-refractivity contribution in [1.29, 1.82) is 0 Å². The molecule has 0 radical (unpaired) electrons. The molecule has 0 spiro atoms. The summed E-state index contributed by atoms with van der Waals surface area (Å²) in [6.07, 6.45) is 2.50. The van der Waals surface area contributed by atoms with Crippen molar-refractivity contribution >= 4 is 12.2 Å². The Morgan fingerprint density at radius 2 is 1.88 bits per heavy atom. The Morgan fingerprint density at radius 1 is 1.15 bits per heavy atom. The zero-order chi connectivity index (χ0) is 17.9. The second kappa shape index (κ2) is 7.43. The van der Waals surface area contributed by atoms with Crippen molar-refractivity contribution < 1.29 is 14.1 Å². The van der Waals surface area contributed by atoms with Crippen LogP contribution in [-0.2, 0) is 13.2 Å². The van der Waals surface area contributed by atoms with Gasteiger partial charge in [-0.1, -0.05) is 18.2 Å². The van der Waals surface area contributed by atoms with Crippen molar-refractivity contribution in [3.63, 3.8) is 0 Å². The van der Waals surface area contributed by atoms with Gasteiger partial charge in [0.1, 0.15) is 12.3 Å². The van der Waals surface area contributed by atoms with E-state index in [1.807, 2.05) is 47.1 Å². The van der Waals surface area contributed by atoms with Gasteiger partial charge in [0, 0.05) is 24.0 Å². The number of nitrogens with one attached hydrogen (secondary N) is 1. The van der Waals surface area contributed by atoms with E-state index in [9.17, 15) is 0 Å². The Balaban J connectivity index is 1.52. The standard InChI is InChI=1S/C20H21N3O2S/c1-24-18-11-7-15(8-12-18)13-22(17-9-10-17)14-23-20(26)25-19(21-23)16-5-3-2-4-6-16/h2-8,11-12,17H,9-10,13-14H2,1H3/p+1. The molecule has 0 aliphatic heterocycles. The lowest BCUT2D eigenvalue weighted by molar-refractivity contribution is -0.947. The molecule has 1 aromatic heterocycles. The summed E-state index contributed by atoms with van der Waals surface area (Å²) in [4.78, 5) is 1.89. The van der Waals surface area contributed by atoms with Crippen LogP contribution in [0.25, 0.3) is 11.5 Å². The average Bonchev–Trinajstić information content (AvgIpc) is 3.46. The third-order valence-corrected chi connectivity index (χ3v) is 5.02. The average molecular weight is 368 g/mol. The quantitative estimate of drug-likeness (QED) is 0.651. The van der Waals surface area contributed by atoms with E-state index in [2.05, 4.69) is 17.2 Å². The summed E-state index contributed by atoms with van der Waals surface area (Å²) in [6, 6.07) is 18.8. The molecule has 1 N–H and O–H groups in total. The largest absolute Gasteiger partial charge is 0.497 e. The number of hydrogen-bond donors (Lipinski definition) is 1. The molecule has 1 saturated carbocycles. The fraction of sp³-hybridized carbons (Fsp3) is 0.300. The molecule has 134 valence electrons. The lowest BCUT2D eigenvalue weighted by Gasteiger charge is -2.18. The number of nitrogens with zero attached hydrogens (tertiary/aromatic N) is 2. The van der Waals surface area contributed by atoms with Crippen LogP contribution < -0.4 is 9.64 Å². The van der Waals surface area contributed by atoms with Crippen molar-refractivity contribution in [3.8, 4) is 17.2 Å². The van der Waals surface area contributed by atoms with Gasteiger partial charge in [0.05, 0.1) is 13.2 Å². The molecule has 1 aliphatic carbocycles. The van der Waals surface area contributed by atoms with E-state index in [1.54, 1.807) is 7.11 Å². The molecule has 0 saturated heterocycles. The summed E-state index contributed by atoms with van der Waals surface area (Å²) in [5, 5.41) is 4.60. The first-order valence-electron chi connectivity index (χ1n) is 8.84. The molecule has 0 amide bonds. The predicted molar refractivity (Wildman–Crippen MR) is 101 cm³/mol. The maximum atomic E-state index is 5.72. The minimum atomic E-state index is 0.428. The Hall–Kier alpha value is -2.44. The number of benzene rings is 2. The van der Waals surface area contributed by atoms with Crippen LogP contribution in [0.1, 0.15) is 18.4 Å². The van der Waals surface area contributed by atoms with Crippen molar-refractivity contribution in [2.75, 3.05) is 7.11 Å². The minimum Gasteiger partial charge on any atom is -0.497 e. The lowest BCUT2D eigenvalue weighted by atomic mass is 10.2. The van der Waals surface area contributed by atoms with Gasteiger partial charge in [0.25, 0.3) is 4.84 Å². The van der Waals surface area contributed by atoms with Gasteiger partial charge in [-0.3, -0.25) is 0 Å². The molecule has 5 nitrogen and oxygen atoms in total. The van der Waals surface area contributed by atoms with E-state index < -0.39 is 0 Å². The molecule has 0 bridgehead atoms. The molecule has 3 aromatic rings. The summed E-state index contributed by atoms with van der Waals surface area (Å²) in [5.41, 5.74) is 2.23. The zero-order valence-electron chi connectivity index (χ0n) is 14.7. The van der Waals surface area contributed by atoms with E-state index in [0.717, 1.165) is 17.9 Å². The molecule has 1 atom stereocenters. The first-order chi connectivity index (χ1) is 12.7. The highest BCUT2D eigenvalue weighted by Crippen LogP contribution is 2.19. The van der Waals surface area contributed by atoms with Crippen LogP contribution in [0.3, 0.4) is 0 Å². The molecule has 6 heteroatoms. The van der Waals surface area contributed by atoms with Crippen molar-refractivity contribution in [1.82, 2.24) is 9.78 Å². The third kappa shape index (κ3) is 3.86. The number of aromatic nitrogens is 2. The Labute approximate surface area is 157 Å². The second-order valence-electron chi connectivity index (χ2n) is 6.65. The van der Waals surface area contributed by atoms with Gasteiger partial charge in [-0.05, 0) is 48.6 Å². The third-order valence-electron chi connectivity index (χ3n) is 4.72. The van der Waals surface area contributed by atoms with Crippen LogP contribution in [0.4, 0.5) is 0 Å². The number of ether oxygens (including phenoxy) is 1. The fourth-order valence-electron chi connectivity index (χ4n) is 3.12. The Morgan fingerprint density at radius 3 is 2.54 bits per heavy atom. The number of quaternary nitrogens is 1. The molecule has 2 aromatic carbocycles. The van der Waals surface area contributed by atoms with Gasteiger partial charge in [-0.2, -0.15) is 4.68 Å². The summed E-state index contributed by atoms with van der Waals surface area (Å²) >= 11 is 5.40. The van der Waals surface area contributed by atoms with Crippen molar-refractivity contribution in [2.24, 2.45) is 0 Å². The Kier molecular flexibility index (Phi) is 4.86. The molecule has 1 fully saturated rings. The molecule has 26 heavy (non-hydrogen) atoms. The Bertz CT molecular complexity index is 914. The lowest BCUT2D eigenvalue weighted by Crippen LogP contribution is -3.11. The molecular formula is C20H22N3O2S+. The van der Waals surface area contributed by atoms with Crippen LogP contribution in [0.2, 0.25) is 0 Å². The highest BCUT2D eigenvalue weighted by molar-refractivity contribution is 7.71. The highest BCUT2D eigenvalue weighted by Gasteiger charge is 2.34. The second-order valence-corrected chi connectivity index (χ2v) is 7.00. The molecule has 4 rings (SSSR count). The first kappa shape index (κ1) is 17.0. The monoisotopic (exact) mass is 368 g/mol. The molecule has 1 heterocycles. The molecule has 1 aliphatic rings. The summed E-state index contributed by atoms with van der Waals surface area (Å²) in [6.45, 7) is 1.65. The van der Waals surface area contributed by atoms with Gasteiger partial charge in [-0.25, -0.2) is 0 Å². The van der Waals surface area contributed by atoms with E-state index in [4.69, 9.17) is 21.4 Å². The van der Waals surface area contributed by atoms with E-state index in [0.29, 0.717) is 23.4 Å². The number of methoxy groups -OCH3 is 1. The maximum Gasteiger partial charge on any atom is 0.292 e. The summed E-state index contributed by atoms with van der Waals surface area (Å²) in [5.74, 6) is 1.46. The van der Waals surface area contributed by atoms with E-state index in [1.165, 1.54) is 23.3 Å². The first-order valence-corrected chi connectivity index (χ1v) is 9.24. The van der Waals surface area contributed by atoms with Gasteiger partial charge in [0.2, 0.25) is 5.89 Å². The van der Waals surface area contributed by atoms with E-state index >= 15 is 0 Å². The van der Waals surface area contributed by atoms with Crippen molar-refractivity contribution in [2.45, 2.75) is 32.1 Å². The van der Waals surface area contributed by atoms with Crippen LogP contribution >= 0.6 is 12.2 Å². The van der Waals surface area contributed by atoms with Gasteiger partial charge >= 0.3 is 0 Å². The summed E-state index contributed by atoms with van der Waals surface area (Å²) < 4.78 is 12.8. The van der Waals surface area contributed by atoms with Gasteiger partial charge in [0.15, 0.2) is 6.67 Å². The fourth-order valence-corrected chi connectivity index (χ4v) is 3.31. The van der Waals surface area contributed by atoms with Gasteiger partial charge < -0.3 is 14.1 Å². The number of hydrogen-bond acceptors (Lipinski definition) is 4. The maximum absolute atomic E-state index is 5.72. The summed E-state index contributed by atoms with van der Waals surface area (Å²) in [7, 11) is 1.69. The molecular weight excluding hydrogens is 346 g/mol.